The number of rotatable bonds is 5. The molecular formula is C14H20ClN5. The molecule has 0 unspecified atom stereocenters. The van der Waals surface area contributed by atoms with Crippen LogP contribution in [0.5, 0.6) is 0 Å². The molecule has 2 heterocycles. The summed E-state index contributed by atoms with van der Waals surface area (Å²) in [6, 6.07) is 0. The Bertz CT molecular complexity index is 591. The van der Waals surface area contributed by atoms with E-state index in [0.29, 0.717) is 11.7 Å². The van der Waals surface area contributed by atoms with Crippen LogP contribution in [0.15, 0.2) is 12.5 Å². The van der Waals surface area contributed by atoms with Crippen LogP contribution in [0.3, 0.4) is 0 Å². The normalized spacial score (nSPS) is 11.1. The molecule has 0 atom stereocenters. The van der Waals surface area contributed by atoms with E-state index >= 15 is 0 Å². The van der Waals surface area contributed by atoms with E-state index in [-0.39, 0.29) is 5.92 Å². The molecule has 0 aromatic carbocycles. The molecule has 1 N–H and O–H groups in total. The number of hydrogen-bond acceptors (Lipinski definition) is 4. The zero-order valence-electron chi connectivity index (χ0n) is 12.3. The molecule has 0 radical (unpaired) electrons. The van der Waals surface area contributed by atoms with Gasteiger partial charge in [0.25, 0.3) is 0 Å². The topological polar surface area (TPSA) is 55.6 Å². The number of aromatic nitrogens is 4. The summed E-state index contributed by atoms with van der Waals surface area (Å²) >= 11 is 6.16. The largest absolute Gasteiger partial charge is 0.365 e. The molecule has 0 saturated heterocycles. The Kier molecular flexibility index (Phi) is 4.60. The summed E-state index contributed by atoms with van der Waals surface area (Å²) < 4.78 is 1.84. The third-order valence-electron chi connectivity index (χ3n) is 3.19. The van der Waals surface area contributed by atoms with Gasteiger partial charge in [-0.1, -0.05) is 32.4 Å². The van der Waals surface area contributed by atoms with Crippen molar-refractivity contribution in [1.29, 1.82) is 0 Å². The van der Waals surface area contributed by atoms with E-state index in [4.69, 9.17) is 11.6 Å². The van der Waals surface area contributed by atoms with Crippen molar-refractivity contribution in [3.05, 3.63) is 34.5 Å². The molecule has 0 aliphatic rings. The standard InChI is InChI=1S/C14H20ClN5/c1-5-11-10(7-20(4)19-11)6-16-14-12(9(2)3)13(15)17-8-18-14/h7-9H,5-6H2,1-4H3,(H,16,17,18). The van der Waals surface area contributed by atoms with Crippen LogP contribution in [0.2, 0.25) is 5.15 Å². The first-order chi connectivity index (χ1) is 9.52. The van der Waals surface area contributed by atoms with Crippen LogP contribution in [-0.2, 0) is 20.0 Å². The first kappa shape index (κ1) is 14.8. The molecule has 20 heavy (non-hydrogen) atoms. The first-order valence-corrected chi connectivity index (χ1v) is 7.16. The average Bonchev–Trinajstić information content (AvgIpc) is 2.76. The molecule has 5 nitrogen and oxygen atoms in total. The summed E-state index contributed by atoms with van der Waals surface area (Å²) in [5.41, 5.74) is 3.24. The molecule has 108 valence electrons. The van der Waals surface area contributed by atoms with Crippen LogP contribution in [-0.4, -0.2) is 19.7 Å². The van der Waals surface area contributed by atoms with Gasteiger partial charge in [-0.2, -0.15) is 5.10 Å². The molecule has 2 aromatic rings. The molecule has 0 bridgehead atoms. The average molecular weight is 294 g/mol. The number of aryl methyl sites for hydroxylation is 2. The highest BCUT2D eigenvalue weighted by molar-refractivity contribution is 6.30. The number of nitrogens with zero attached hydrogens (tertiary/aromatic N) is 4. The number of halogens is 1. The van der Waals surface area contributed by atoms with Gasteiger partial charge in [-0.05, 0) is 12.3 Å². The summed E-state index contributed by atoms with van der Waals surface area (Å²) in [5, 5.41) is 8.30. The summed E-state index contributed by atoms with van der Waals surface area (Å²) in [6.07, 6.45) is 4.43. The van der Waals surface area contributed by atoms with Gasteiger partial charge in [-0.25, -0.2) is 9.97 Å². The van der Waals surface area contributed by atoms with Crippen molar-refractivity contribution in [3.8, 4) is 0 Å². The zero-order chi connectivity index (χ0) is 14.7. The van der Waals surface area contributed by atoms with Crippen LogP contribution < -0.4 is 5.32 Å². The lowest BCUT2D eigenvalue weighted by atomic mass is 10.1. The van der Waals surface area contributed by atoms with E-state index in [1.54, 1.807) is 0 Å². The number of nitrogens with one attached hydrogen (secondary N) is 1. The summed E-state index contributed by atoms with van der Waals surface area (Å²) in [7, 11) is 1.93. The second kappa shape index (κ2) is 6.22. The third-order valence-corrected chi connectivity index (χ3v) is 3.49. The molecule has 0 aliphatic carbocycles. The maximum absolute atomic E-state index is 6.16. The van der Waals surface area contributed by atoms with E-state index in [2.05, 4.69) is 41.2 Å². The van der Waals surface area contributed by atoms with Crippen molar-refractivity contribution < 1.29 is 0 Å². The van der Waals surface area contributed by atoms with Crippen molar-refractivity contribution in [2.75, 3.05) is 5.32 Å². The quantitative estimate of drug-likeness (QED) is 0.860. The lowest BCUT2D eigenvalue weighted by Gasteiger charge is -2.14. The van der Waals surface area contributed by atoms with Gasteiger partial charge in [0, 0.05) is 30.9 Å². The molecule has 0 fully saturated rings. The van der Waals surface area contributed by atoms with Gasteiger partial charge in [-0.15, -0.1) is 0 Å². The third kappa shape index (κ3) is 3.10. The Labute approximate surface area is 124 Å². The smallest absolute Gasteiger partial charge is 0.138 e. The van der Waals surface area contributed by atoms with Crippen LogP contribution in [0, 0.1) is 0 Å². The van der Waals surface area contributed by atoms with Gasteiger partial charge in [0.1, 0.15) is 17.3 Å². The minimum atomic E-state index is 0.269. The minimum Gasteiger partial charge on any atom is -0.365 e. The SMILES string of the molecule is CCc1nn(C)cc1CNc1ncnc(Cl)c1C(C)C. The van der Waals surface area contributed by atoms with Crippen LogP contribution in [0.4, 0.5) is 5.82 Å². The fourth-order valence-electron chi connectivity index (χ4n) is 2.23. The van der Waals surface area contributed by atoms with E-state index in [0.717, 1.165) is 23.5 Å². The predicted molar refractivity (Wildman–Crippen MR) is 81.0 cm³/mol. The molecule has 0 spiro atoms. The molecule has 0 aliphatic heterocycles. The van der Waals surface area contributed by atoms with E-state index in [1.807, 2.05) is 17.9 Å². The van der Waals surface area contributed by atoms with Gasteiger partial charge >= 0.3 is 0 Å². The highest BCUT2D eigenvalue weighted by Gasteiger charge is 2.14. The Hall–Kier alpha value is -1.62. The van der Waals surface area contributed by atoms with Crippen molar-refractivity contribution in [1.82, 2.24) is 19.7 Å². The summed E-state index contributed by atoms with van der Waals surface area (Å²) in [4.78, 5) is 8.36. The molecular weight excluding hydrogens is 274 g/mol. The maximum Gasteiger partial charge on any atom is 0.138 e. The second-order valence-corrected chi connectivity index (χ2v) is 5.42. The van der Waals surface area contributed by atoms with E-state index in [1.165, 1.54) is 11.9 Å². The molecule has 0 saturated carbocycles. The Balaban J connectivity index is 2.21. The molecule has 0 amide bonds. The van der Waals surface area contributed by atoms with Gasteiger partial charge < -0.3 is 5.32 Å². The van der Waals surface area contributed by atoms with Gasteiger partial charge in [-0.3, -0.25) is 4.68 Å². The van der Waals surface area contributed by atoms with Crippen molar-refractivity contribution in [2.45, 2.75) is 39.7 Å². The second-order valence-electron chi connectivity index (χ2n) is 5.06. The monoisotopic (exact) mass is 293 g/mol. The van der Waals surface area contributed by atoms with Crippen molar-refractivity contribution in [3.63, 3.8) is 0 Å². The lowest BCUT2D eigenvalue weighted by Crippen LogP contribution is -2.07. The van der Waals surface area contributed by atoms with Crippen molar-refractivity contribution >= 4 is 17.4 Å². The predicted octanol–water partition coefficient (Wildman–Crippen LogP) is 3.16. The molecule has 2 aromatic heterocycles. The van der Waals surface area contributed by atoms with E-state index < -0.39 is 0 Å². The Morgan fingerprint density at radius 3 is 2.75 bits per heavy atom. The fraction of sp³-hybridized carbons (Fsp3) is 0.500. The fourth-order valence-corrected chi connectivity index (χ4v) is 2.59. The Morgan fingerprint density at radius 1 is 1.35 bits per heavy atom. The minimum absolute atomic E-state index is 0.269. The van der Waals surface area contributed by atoms with Gasteiger partial charge in [0.2, 0.25) is 0 Å². The highest BCUT2D eigenvalue weighted by Crippen LogP contribution is 2.28. The Morgan fingerprint density at radius 2 is 2.10 bits per heavy atom. The summed E-state index contributed by atoms with van der Waals surface area (Å²) in [6.45, 7) is 6.95. The van der Waals surface area contributed by atoms with E-state index in [9.17, 15) is 0 Å². The number of hydrogen-bond donors (Lipinski definition) is 1. The van der Waals surface area contributed by atoms with Crippen molar-refractivity contribution in [2.24, 2.45) is 7.05 Å². The highest BCUT2D eigenvalue weighted by atomic mass is 35.5. The van der Waals surface area contributed by atoms with Gasteiger partial charge in [0.05, 0.1) is 5.69 Å². The van der Waals surface area contributed by atoms with Crippen LogP contribution >= 0.6 is 11.6 Å². The lowest BCUT2D eigenvalue weighted by molar-refractivity contribution is 0.746. The number of anilines is 1. The maximum atomic E-state index is 6.16. The van der Waals surface area contributed by atoms with Crippen LogP contribution in [0.1, 0.15) is 43.5 Å². The molecule has 6 heteroatoms. The van der Waals surface area contributed by atoms with Crippen LogP contribution in [0.25, 0.3) is 0 Å². The van der Waals surface area contributed by atoms with Gasteiger partial charge in [0.15, 0.2) is 0 Å². The first-order valence-electron chi connectivity index (χ1n) is 6.78. The summed E-state index contributed by atoms with van der Waals surface area (Å²) in [5.74, 6) is 1.07. The zero-order valence-corrected chi connectivity index (χ0v) is 13.1. The molecule has 2 rings (SSSR count).